The van der Waals surface area contributed by atoms with Crippen molar-refractivity contribution >= 4 is 11.6 Å². The van der Waals surface area contributed by atoms with Crippen molar-refractivity contribution < 1.29 is 19.4 Å². The molecule has 1 heterocycles. The number of carbonyl (C=O) groups is 1. The number of hydrogen-bond acceptors (Lipinski definition) is 4. The summed E-state index contributed by atoms with van der Waals surface area (Å²) in [6.45, 7) is 0.294. The Morgan fingerprint density at radius 2 is 2.12 bits per heavy atom. The number of carbonyl (C=O) groups excluding carboxylic acids is 1. The summed E-state index contributed by atoms with van der Waals surface area (Å²) in [5.74, 6) is 0.973. The molecule has 92 valence electrons. The van der Waals surface area contributed by atoms with Gasteiger partial charge in [-0.3, -0.25) is 4.79 Å². The zero-order valence-corrected chi connectivity index (χ0v) is 9.84. The van der Waals surface area contributed by atoms with E-state index in [0.717, 1.165) is 0 Å². The fourth-order valence-electron chi connectivity index (χ4n) is 2.00. The van der Waals surface area contributed by atoms with Gasteiger partial charge < -0.3 is 19.5 Å². The summed E-state index contributed by atoms with van der Waals surface area (Å²) in [5.41, 5.74) is 0.633. The van der Waals surface area contributed by atoms with Crippen LogP contribution in [0.2, 0.25) is 0 Å². The number of hydrogen-bond donors (Lipinski definition) is 1. The minimum absolute atomic E-state index is 0.107. The van der Waals surface area contributed by atoms with E-state index in [4.69, 9.17) is 9.47 Å². The van der Waals surface area contributed by atoms with Crippen molar-refractivity contribution in [3.05, 3.63) is 18.2 Å². The first-order chi connectivity index (χ1) is 8.17. The molecule has 1 atom stereocenters. The van der Waals surface area contributed by atoms with Gasteiger partial charge in [-0.05, 0) is 12.1 Å². The van der Waals surface area contributed by atoms with Gasteiger partial charge in [0, 0.05) is 0 Å². The van der Waals surface area contributed by atoms with Gasteiger partial charge in [0.2, 0.25) is 5.91 Å². The first-order valence-electron chi connectivity index (χ1n) is 5.36. The highest BCUT2D eigenvalue weighted by Gasteiger charge is 2.31. The maximum atomic E-state index is 11.7. The highest BCUT2D eigenvalue weighted by atomic mass is 16.5. The molecule has 1 fully saturated rings. The molecule has 1 amide bonds. The van der Waals surface area contributed by atoms with Crippen molar-refractivity contribution in [1.82, 2.24) is 0 Å². The number of rotatable bonds is 3. The fraction of sp³-hybridized carbons (Fsp3) is 0.417. The molecule has 5 nitrogen and oxygen atoms in total. The predicted molar refractivity (Wildman–Crippen MR) is 62.5 cm³/mol. The average Bonchev–Trinajstić information content (AvgIpc) is 2.67. The van der Waals surface area contributed by atoms with Crippen LogP contribution in [0.4, 0.5) is 5.69 Å². The molecule has 1 aliphatic heterocycles. The third-order valence-corrected chi connectivity index (χ3v) is 2.78. The molecule has 1 aromatic carbocycles. The quantitative estimate of drug-likeness (QED) is 0.844. The Balaban J connectivity index is 2.41. The summed E-state index contributed by atoms with van der Waals surface area (Å²) in [6, 6.07) is 5.32. The lowest BCUT2D eigenvalue weighted by Gasteiger charge is -2.20. The number of ether oxygens (including phenoxy) is 2. The molecule has 5 heteroatoms. The largest absolute Gasteiger partial charge is 0.493 e. The van der Waals surface area contributed by atoms with Crippen LogP contribution in [0.1, 0.15) is 6.42 Å². The molecule has 17 heavy (non-hydrogen) atoms. The molecule has 1 saturated heterocycles. The van der Waals surface area contributed by atoms with E-state index in [2.05, 4.69) is 0 Å². The van der Waals surface area contributed by atoms with Crippen LogP contribution in [0.3, 0.4) is 0 Å². The van der Waals surface area contributed by atoms with E-state index in [1.807, 2.05) is 0 Å². The lowest BCUT2D eigenvalue weighted by atomic mass is 10.2. The van der Waals surface area contributed by atoms with Crippen molar-refractivity contribution in [2.45, 2.75) is 12.5 Å². The normalized spacial score (nSPS) is 19.6. The van der Waals surface area contributed by atoms with Crippen LogP contribution in [0.5, 0.6) is 11.5 Å². The first kappa shape index (κ1) is 11.7. The van der Waals surface area contributed by atoms with Crippen molar-refractivity contribution in [1.29, 1.82) is 0 Å². The Kier molecular flexibility index (Phi) is 3.19. The molecule has 1 aromatic rings. The monoisotopic (exact) mass is 237 g/mol. The van der Waals surface area contributed by atoms with Gasteiger partial charge in [0.15, 0.2) is 11.5 Å². The predicted octanol–water partition coefficient (Wildman–Crippen LogP) is 0.801. The summed E-state index contributed by atoms with van der Waals surface area (Å²) in [4.78, 5) is 13.2. The highest BCUT2D eigenvalue weighted by molar-refractivity contribution is 5.97. The second kappa shape index (κ2) is 4.63. The Hall–Kier alpha value is -1.75. The topological polar surface area (TPSA) is 59.0 Å². The number of aliphatic hydroxyl groups is 1. The van der Waals surface area contributed by atoms with Crippen LogP contribution in [-0.4, -0.2) is 37.9 Å². The summed E-state index contributed by atoms with van der Waals surface area (Å²) >= 11 is 0. The van der Waals surface area contributed by atoms with Gasteiger partial charge in [0.1, 0.15) is 0 Å². The number of para-hydroxylation sites is 1. The molecule has 2 rings (SSSR count). The minimum Gasteiger partial charge on any atom is -0.493 e. The summed E-state index contributed by atoms with van der Waals surface area (Å²) < 4.78 is 10.4. The number of aliphatic hydroxyl groups excluding tert-OH is 1. The van der Waals surface area contributed by atoms with Crippen molar-refractivity contribution in [3.8, 4) is 11.5 Å². The standard InChI is InChI=1S/C12H15NO4/c1-16-10-5-3-4-9(12(10)17-2)13-7-8(14)6-11(13)15/h3-5,8,14H,6-7H2,1-2H3. The number of benzene rings is 1. The fourth-order valence-corrected chi connectivity index (χ4v) is 2.00. The average molecular weight is 237 g/mol. The molecule has 0 aromatic heterocycles. The van der Waals surface area contributed by atoms with Crippen molar-refractivity contribution in [2.75, 3.05) is 25.7 Å². The van der Waals surface area contributed by atoms with Gasteiger partial charge in [-0.25, -0.2) is 0 Å². The Morgan fingerprint density at radius 3 is 2.65 bits per heavy atom. The van der Waals surface area contributed by atoms with E-state index in [0.29, 0.717) is 23.7 Å². The number of methoxy groups -OCH3 is 2. The van der Waals surface area contributed by atoms with E-state index in [9.17, 15) is 9.90 Å². The SMILES string of the molecule is COc1cccc(N2CC(O)CC2=O)c1OC. The molecule has 1 N–H and O–H groups in total. The smallest absolute Gasteiger partial charge is 0.229 e. The van der Waals surface area contributed by atoms with Crippen molar-refractivity contribution in [2.24, 2.45) is 0 Å². The van der Waals surface area contributed by atoms with E-state index in [-0.39, 0.29) is 12.3 Å². The lowest BCUT2D eigenvalue weighted by molar-refractivity contribution is -0.117. The van der Waals surface area contributed by atoms with Crippen LogP contribution in [0.15, 0.2) is 18.2 Å². The first-order valence-corrected chi connectivity index (χ1v) is 5.36. The van der Waals surface area contributed by atoms with E-state index < -0.39 is 6.10 Å². The zero-order chi connectivity index (χ0) is 12.4. The minimum atomic E-state index is -0.613. The molecule has 0 radical (unpaired) electrons. The Labute approximate surface area is 99.6 Å². The molecule has 0 saturated carbocycles. The van der Waals surface area contributed by atoms with Crippen LogP contribution >= 0.6 is 0 Å². The molecule has 0 aliphatic carbocycles. The van der Waals surface area contributed by atoms with Crippen LogP contribution in [0, 0.1) is 0 Å². The summed E-state index contributed by atoms with van der Waals surface area (Å²) in [5, 5.41) is 9.49. The van der Waals surface area contributed by atoms with Gasteiger partial charge in [-0.15, -0.1) is 0 Å². The van der Waals surface area contributed by atoms with Crippen LogP contribution < -0.4 is 14.4 Å². The number of amides is 1. The Bertz CT molecular complexity index is 433. The molecule has 0 bridgehead atoms. The molecule has 1 aliphatic rings. The van der Waals surface area contributed by atoms with Gasteiger partial charge >= 0.3 is 0 Å². The van der Waals surface area contributed by atoms with Gasteiger partial charge in [0.05, 0.1) is 39.0 Å². The summed E-state index contributed by atoms with van der Waals surface area (Å²) in [7, 11) is 3.07. The van der Waals surface area contributed by atoms with Gasteiger partial charge in [0.25, 0.3) is 0 Å². The van der Waals surface area contributed by atoms with E-state index in [1.165, 1.54) is 12.0 Å². The third-order valence-electron chi connectivity index (χ3n) is 2.78. The van der Waals surface area contributed by atoms with Crippen molar-refractivity contribution in [3.63, 3.8) is 0 Å². The lowest BCUT2D eigenvalue weighted by Crippen LogP contribution is -2.25. The molecular formula is C12H15NO4. The highest BCUT2D eigenvalue weighted by Crippen LogP contribution is 2.38. The third kappa shape index (κ3) is 2.06. The number of nitrogens with zero attached hydrogens (tertiary/aromatic N) is 1. The maximum Gasteiger partial charge on any atom is 0.229 e. The zero-order valence-electron chi connectivity index (χ0n) is 9.84. The van der Waals surface area contributed by atoms with Gasteiger partial charge in [-0.2, -0.15) is 0 Å². The molecule has 0 spiro atoms. The van der Waals surface area contributed by atoms with Crippen LogP contribution in [0.25, 0.3) is 0 Å². The van der Waals surface area contributed by atoms with Gasteiger partial charge in [-0.1, -0.05) is 6.07 Å². The maximum absolute atomic E-state index is 11.7. The summed E-state index contributed by atoms with van der Waals surface area (Å²) in [6.07, 6.45) is -0.459. The van der Waals surface area contributed by atoms with Crippen LogP contribution in [-0.2, 0) is 4.79 Å². The second-order valence-corrected chi connectivity index (χ2v) is 3.87. The molecular weight excluding hydrogens is 222 g/mol. The van der Waals surface area contributed by atoms with E-state index >= 15 is 0 Å². The number of β-amino-alcohol motifs (C(OH)–C–C–N with tert-alkyl or cyclic N) is 1. The molecule has 1 unspecified atom stereocenters. The number of anilines is 1. The Morgan fingerprint density at radius 1 is 1.35 bits per heavy atom. The second-order valence-electron chi connectivity index (χ2n) is 3.87. The van der Waals surface area contributed by atoms with E-state index in [1.54, 1.807) is 25.3 Å².